The van der Waals surface area contributed by atoms with Gasteiger partial charge in [-0.1, -0.05) is 133 Å². The van der Waals surface area contributed by atoms with E-state index in [-0.39, 0.29) is 49.8 Å². The summed E-state index contributed by atoms with van der Waals surface area (Å²) in [5, 5.41) is 11.1. The largest absolute Gasteiger partial charge is 1.00 e. The number of hydrogen-bond donors (Lipinski definition) is 3. The molecule has 0 saturated carbocycles. The molecule has 0 atom stereocenters. The number of fused-ring (bicyclic) bond motifs is 2. The van der Waals surface area contributed by atoms with Crippen LogP contribution in [0.1, 0.15) is 63.0 Å². The fourth-order valence-electron chi connectivity index (χ4n) is 9.13. The summed E-state index contributed by atoms with van der Waals surface area (Å²) in [5.41, 5.74) is 24.9. The number of nitrogens with two attached hydrogens (primary N) is 2. The van der Waals surface area contributed by atoms with E-state index in [4.69, 9.17) is 44.0 Å². The van der Waals surface area contributed by atoms with Crippen molar-refractivity contribution in [1.82, 2.24) is 0 Å². The van der Waals surface area contributed by atoms with Gasteiger partial charge in [-0.05, 0) is 112 Å². The number of benzene rings is 8. The van der Waals surface area contributed by atoms with E-state index in [9.17, 15) is 14.7 Å². The van der Waals surface area contributed by atoms with Gasteiger partial charge >= 0.3 is 30.8 Å². The van der Waals surface area contributed by atoms with Gasteiger partial charge in [-0.25, -0.2) is 0 Å². The molecule has 10 aromatic rings. The third kappa shape index (κ3) is 16.2. The third-order valence-electron chi connectivity index (χ3n) is 12.8. The SMILES string of the molecule is CCOC(=O)Cc1ccccc1OCc1cc(-c2cccc(CN)c2)c2oc(COCc3ccccc3)cc2c1.NCc1cccc(-c2cc(COc3ccccc3CC(=O)O)cc3cc(COCc4ccccc4)oc23)c1.[Li+].[OH-]. The first-order valence-electron chi connectivity index (χ1n) is 25.9. The second kappa shape index (κ2) is 29.7. The van der Waals surface area contributed by atoms with E-state index in [0.717, 1.165) is 94.7 Å². The molecular weight excluding hydrogens is 1000 g/mol. The zero-order chi connectivity index (χ0) is 54.1. The van der Waals surface area contributed by atoms with Crippen molar-refractivity contribution in [2.75, 3.05) is 6.61 Å². The van der Waals surface area contributed by atoms with Crippen molar-refractivity contribution < 1.29 is 71.6 Å². The topological polar surface area (TPSA) is 209 Å². The number of rotatable bonds is 23. The van der Waals surface area contributed by atoms with E-state index in [2.05, 4.69) is 36.4 Å². The minimum Gasteiger partial charge on any atom is -0.870 e. The first-order valence-corrected chi connectivity index (χ1v) is 25.9. The molecule has 13 nitrogen and oxygen atoms in total. The Labute approximate surface area is 477 Å². The van der Waals surface area contributed by atoms with Crippen molar-refractivity contribution in [3.63, 3.8) is 0 Å². The molecule has 2 heterocycles. The molecule has 404 valence electrons. The normalized spacial score (nSPS) is 10.8. The molecule has 0 bridgehead atoms. The van der Waals surface area contributed by atoms with Gasteiger partial charge in [-0.15, -0.1) is 0 Å². The van der Waals surface area contributed by atoms with Crippen LogP contribution in [-0.4, -0.2) is 29.1 Å². The molecule has 10 rings (SSSR count). The fraction of sp³-hybridized carbons (Fsp3) is 0.182. The van der Waals surface area contributed by atoms with Crippen LogP contribution in [0.5, 0.6) is 11.5 Å². The first-order chi connectivity index (χ1) is 38.2. The predicted molar refractivity (Wildman–Crippen MR) is 304 cm³/mol. The van der Waals surface area contributed by atoms with E-state index >= 15 is 0 Å². The van der Waals surface area contributed by atoms with Crippen molar-refractivity contribution in [3.05, 3.63) is 250 Å². The maximum absolute atomic E-state index is 12.1. The fourth-order valence-corrected chi connectivity index (χ4v) is 9.13. The summed E-state index contributed by atoms with van der Waals surface area (Å²) >= 11 is 0. The molecule has 0 aliphatic rings. The molecule has 0 unspecified atom stereocenters. The van der Waals surface area contributed by atoms with E-state index in [1.807, 2.05) is 146 Å². The van der Waals surface area contributed by atoms with Crippen LogP contribution in [0.2, 0.25) is 0 Å². The van der Waals surface area contributed by atoms with E-state index in [0.29, 0.717) is 69.8 Å². The second-order valence-corrected chi connectivity index (χ2v) is 18.7. The molecule has 8 aromatic carbocycles. The molecular formula is C66H63LiN2O11. The Morgan fingerprint density at radius 3 is 1.32 bits per heavy atom. The maximum atomic E-state index is 12.1. The van der Waals surface area contributed by atoms with Gasteiger partial charge in [-0.3, -0.25) is 9.59 Å². The van der Waals surface area contributed by atoms with Gasteiger partial charge in [-0.2, -0.15) is 0 Å². The number of carbonyl (C=O) groups excluding carboxylic acids is 1. The van der Waals surface area contributed by atoms with Crippen molar-refractivity contribution in [1.29, 1.82) is 0 Å². The summed E-state index contributed by atoms with van der Waals surface area (Å²) in [7, 11) is 0. The van der Waals surface area contributed by atoms with Gasteiger partial charge in [0, 0.05) is 46.1 Å². The van der Waals surface area contributed by atoms with Gasteiger partial charge in [0.15, 0.2) is 0 Å². The van der Waals surface area contributed by atoms with Crippen LogP contribution in [0.15, 0.2) is 203 Å². The first kappa shape index (κ1) is 59.4. The molecule has 0 saturated heterocycles. The quantitative estimate of drug-likeness (QED) is 0.0403. The van der Waals surface area contributed by atoms with Crippen LogP contribution < -0.4 is 39.8 Å². The molecule has 0 aliphatic heterocycles. The zero-order valence-electron chi connectivity index (χ0n) is 45.0. The monoisotopic (exact) mass is 1070 g/mol. The summed E-state index contributed by atoms with van der Waals surface area (Å²) in [6.07, 6.45) is 0.0641. The number of para-hydroxylation sites is 2. The van der Waals surface area contributed by atoms with E-state index in [1.54, 1.807) is 19.1 Å². The zero-order valence-corrected chi connectivity index (χ0v) is 45.0. The number of carboxylic acid groups (broad SMARTS) is 1. The Morgan fingerprint density at radius 1 is 0.463 bits per heavy atom. The second-order valence-electron chi connectivity index (χ2n) is 18.7. The third-order valence-corrected chi connectivity index (χ3v) is 12.8. The van der Waals surface area contributed by atoms with Crippen molar-refractivity contribution in [3.8, 4) is 33.8 Å². The van der Waals surface area contributed by atoms with Gasteiger partial charge in [0.1, 0.15) is 60.6 Å². The number of furan rings is 2. The Bertz CT molecular complexity index is 3600. The number of ether oxygens (including phenoxy) is 5. The summed E-state index contributed by atoms with van der Waals surface area (Å²) in [5.74, 6) is 1.53. The number of esters is 1. The molecule has 80 heavy (non-hydrogen) atoms. The van der Waals surface area contributed by atoms with Gasteiger partial charge in [0.05, 0.1) is 32.7 Å². The Balaban J connectivity index is 0.000000226. The number of aliphatic carboxylic acids is 1. The molecule has 0 amide bonds. The van der Waals surface area contributed by atoms with Crippen LogP contribution in [0.4, 0.5) is 0 Å². The smallest absolute Gasteiger partial charge is 0.870 e. The van der Waals surface area contributed by atoms with Crippen LogP contribution in [0.25, 0.3) is 44.2 Å². The summed E-state index contributed by atoms with van der Waals surface area (Å²) < 4.78 is 41.9. The average Bonchev–Trinajstić information content (AvgIpc) is 4.08. The van der Waals surface area contributed by atoms with Crippen molar-refractivity contribution in [2.45, 2.75) is 72.5 Å². The number of carbonyl (C=O) groups is 2. The van der Waals surface area contributed by atoms with Crippen LogP contribution in [-0.2, 0) is 89.4 Å². The summed E-state index contributed by atoms with van der Waals surface area (Å²) in [6.45, 7) is 5.36. The Kier molecular flexibility index (Phi) is 22.0. The molecule has 2 aromatic heterocycles. The summed E-state index contributed by atoms with van der Waals surface area (Å²) in [4.78, 5) is 23.4. The van der Waals surface area contributed by atoms with Crippen molar-refractivity contribution in [2.24, 2.45) is 11.5 Å². The molecule has 0 radical (unpaired) electrons. The number of carboxylic acids is 1. The van der Waals surface area contributed by atoms with Crippen LogP contribution in [0, 0.1) is 0 Å². The van der Waals surface area contributed by atoms with Gasteiger partial charge < -0.3 is 54.6 Å². The minimum atomic E-state index is -0.898. The average molecular weight is 1070 g/mol. The van der Waals surface area contributed by atoms with Gasteiger partial charge in [0.2, 0.25) is 0 Å². The molecule has 0 fully saturated rings. The Morgan fingerprint density at radius 2 is 0.887 bits per heavy atom. The molecule has 6 N–H and O–H groups in total. The molecule has 0 aliphatic carbocycles. The Hall–Kier alpha value is -8.22. The van der Waals surface area contributed by atoms with Gasteiger partial charge in [0.25, 0.3) is 0 Å². The van der Waals surface area contributed by atoms with Crippen LogP contribution in [0.3, 0.4) is 0 Å². The van der Waals surface area contributed by atoms with E-state index < -0.39 is 5.97 Å². The summed E-state index contributed by atoms with van der Waals surface area (Å²) in [6, 6.07) is 63.4. The maximum Gasteiger partial charge on any atom is 1.00 e. The van der Waals surface area contributed by atoms with E-state index in [1.165, 1.54) is 0 Å². The molecule has 0 spiro atoms. The minimum absolute atomic E-state index is 0. The predicted octanol–water partition coefficient (Wildman–Crippen LogP) is 10.3. The number of hydrogen-bond acceptors (Lipinski definition) is 12. The van der Waals surface area contributed by atoms with Crippen LogP contribution >= 0.6 is 0 Å². The van der Waals surface area contributed by atoms with Crippen molar-refractivity contribution >= 4 is 33.9 Å². The standard InChI is InChI=1S/C34H33NO5.C32H29NO5.Li.H2O/c1-2-38-33(36)19-28-12-6-7-14-32(28)39-22-26-16-29-18-30(23-37-21-24-9-4-3-5-10-24)40-34(29)31(17-26)27-13-8-11-25(15-27)20-35;33-18-23-9-6-11-25(13-23)29-15-24(20-37-30-12-5-4-10-26(30)17-31(34)35)14-27-16-28(38-32(27)29)21-36-19-22-7-2-1-3-8-22;;/h3-18H,2,19-23,35H2,1H3;1-16H,17-21,33H2,(H,34,35);;1H2/q;;+1;/p-1. The molecule has 14 heteroatoms.